The number of anilines is 1. The van der Waals surface area contributed by atoms with Crippen molar-refractivity contribution >= 4 is 41.0 Å². The van der Waals surface area contributed by atoms with Crippen LogP contribution < -0.4 is 10.6 Å². The van der Waals surface area contributed by atoms with Gasteiger partial charge < -0.3 is 20.6 Å². The third-order valence-electron chi connectivity index (χ3n) is 6.87. The molecule has 0 unspecified atom stereocenters. The number of nitrogens with one attached hydrogen (secondary N) is 2. The molecule has 3 aromatic carbocycles. The van der Waals surface area contributed by atoms with E-state index in [-0.39, 0.29) is 35.9 Å². The molecule has 9 nitrogen and oxygen atoms in total. The van der Waals surface area contributed by atoms with Crippen molar-refractivity contribution in [3.05, 3.63) is 118 Å². The first-order valence-electron chi connectivity index (χ1n) is 12.7. The van der Waals surface area contributed by atoms with Gasteiger partial charge in [0.1, 0.15) is 6.04 Å². The number of rotatable bonds is 7. The Labute approximate surface area is 240 Å². The van der Waals surface area contributed by atoms with Gasteiger partial charge in [0.2, 0.25) is 5.91 Å². The molecular formula is C31H25ClN4O5. The smallest absolute Gasteiger partial charge is 0.336 e. The number of pyridine rings is 1. The van der Waals surface area contributed by atoms with Crippen molar-refractivity contribution in [2.24, 2.45) is 0 Å². The first-order chi connectivity index (χ1) is 19.7. The lowest BCUT2D eigenvalue weighted by atomic mass is 9.95. The van der Waals surface area contributed by atoms with E-state index in [1.165, 1.54) is 24.1 Å². The maximum Gasteiger partial charge on any atom is 0.336 e. The van der Waals surface area contributed by atoms with Gasteiger partial charge in [0.05, 0.1) is 16.8 Å². The third-order valence-corrected chi connectivity index (χ3v) is 7.10. The highest BCUT2D eigenvalue weighted by molar-refractivity contribution is 6.31. The zero-order valence-corrected chi connectivity index (χ0v) is 22.7. The van der Waals surface area contributed by atoms with E-state index < -0.39 is 17.9 Å². The van der Waals surface area contributed by atoms with Crippen LogP contribution in [-0.4, -0.2) is 51.8 Å². The number of hydrogen-bond acceptors (Lipinski definition) is 5. The molecule has 10 heteroatoms. The molecule has 0 spiro atoms. The lowest BCUT2D eigenvalue weighted by Crippen LogP contribution is -2.46. The van der Waals surface area contributed by atoms with E-state index in [1.807, 2.05) is 0 Å². The molecule has 3 amide bonds. The summed E-state index contributed by atoms with van der Waals surface area (Å²) < 4.78 is 0. The molecule has 0 radical (unpaired) electrons. The summed E-state index contributed by atoms with van der Waals surface area (Å²) in [6, 6.07) is 20.5. The average molecular weight is 569 g/mol. The predicted octanol–water partition coefficient (Wildman–Crippen LogP) is 4.67. The highest BCUT2D eigenvalue weighted by atomic mass is 35.5. The molecule has 0 aliphatic carbocycles. The Morgan fingerprint density at radius 1 is 1.00 bits per heavy atom. The van der Waals surface area contributed by atoms with Gasteiger partial charge >= 0.3 is 5.97 Å². The number of nitrogens with zero attached hydrogens (tertiary/aromatic N) is 2. The quantitative estimate of drug-likeness (QED) is 0.297. The van der Waals surface area contributed by atoms with Gasteiger partial charge in [-0.2, -0.15) is 0 Å². The van der Waals surface area contributed by atoms with Crippen molar-refractivity contribution in [3.8, 4) is 11.1 Å². The Bertz CT molecular complexity index is 1670. The number of carboxylic acids is 1. The van der Waals surface area contributed by atoms with Gasteiger partial charge in [-0.1, -0.05) is 35.9 Å². The molecule has 4 aromatic rings. The Kier molecular flexibility index (Phi) is 7.80. The molecule has 2 heterocycles. The number of amides is 3. The topological polar surface area (TPSA) is 129 Å². The van der Waals surface area contributed by atoms with Crippen LogP contribution in [0.5, 0.6) is 0 Å². The number of carbonyl (C=O) groups excluding carboxylic acids is 3. The van der Waals surface area contributed by atoms with Gasteiger partial charge in [0.25, 0.3) is 11.8 Å². The summed E-state index contributed by atoms with van der Waals surface area (Å²) in [5.74, 6) is -2.23. The van der Waals surface area contributed by atoms with Crippen LogP contribution in [0.3, 0.4) is 0 Å². The van der Waals surface area contributed by atoms with E-state index in [1.54, 1.807) is 72.9 Å². The van der Waals surface area contributed by atoms with Crippen LogP contribution in [0.25, 0.3) is 11.1 Å². The van der Waals surface area contributed by atoms with E-state index in [9.17, 15) is 24.3 Å². The molecule has 206 valence electrons. The molecule has 1 atom stereocenters. The fourth-order valence-electron chi connectivity index (χ4n) is 4.85. The highest BCUT2D eigenvalue weighted by Gasteiger charge is 2.36. The number of aromatic nitrogens is 1. The molecular weight excluding hydrogens is 544 g/mol. The summed E-state index contributed by atoms with van der Waals surface area (Å²) in [5, 5.41) is 15.7. The second kappa shape index (κ2) is 11.6. The lowest BCUT2D eigenvalue weighted by molar-refractivity contribution is -0.120. The van der Waals surface area contributed by atoms with E-state index >= 15 is 0 Å². The van der Waals surface area contributed by atoms with Crippen LogP contribution in [0.1, 0.15) is 42.3 Å². The summed E-state index contributed by atoms with van der Waals surface area (Å²) in [5.41, 5.74) is 3.13. The Morgan fingerprint density at radius 3 is 2.56 bits per heavy atom. The first kappa shape index (κ1) is 27.5. The number of fused-ring (bicyclic) bond motifs is 1. The van der Waals surface area contributed by atoms with Gasteiger partial charge in [0.15, 0.2) is 0 Å². The number of carboxylic acid groups (broad SMARTS) is 1. The van der Waals surface area contributed by atoms with Crippen LogP contribution in [-0.2, 0) is 17.8 Å². The standard InChI is InChI=1S/C31H25ClN4O5/c1-33-28(37)20-6-4-5-19(14-20)25-13-18(8-10-23(25)31(40)41)17-36-27(16-22-7-2-3-12-34-22)29(38)35-26-15-21(32)9-11-24(26)30(36)39/h2-15,27H,16-17H2,1H3,(H,33,37)(H,35,38)(H,40,41)/t27-/m1/s1. The molecule has 41 heavy (non-hydrogen) atoms. The van der Waals surface area contributed by atoms with Gasteiger partial charge in [-0.15, -0.1) is 0 Å². The molecule has 3 N–H and O–H groups in total. The molecule has 5 rings (SSSR count). The minimum Gasteiger partial charge on any atom is -0.478 e. The fraction of sp³-hybridized carbons (Fsp3) is 0.129. The lowest BCUT2D eigenvalue weighted by Gasteiger charge is -2.29. The number of halogens is 1. The summed E-state index contributed by atoms with van der Waals surface area (Å²) in [6.07, 6.45) is 1.78. The van der Waals surface area contributed by atoms with Crippen molar-refractivity contribution in [1.82, 2.24) is 15.2 Å². The van der Waals surface area contributed by atoms with Crippen molar-refractivity contribution in [2.45, 2.75) is 19.0 Å². The fourth-order valence-corrected chi connectivity index (χ4v) is 5.02. The Hall–Kier alpha value is -5.02. The van der Waals surface area contributed by atoms with Crippen molar-refractivity contribution in [3.63, 3.8) is 0 Å². The zero-order chi connectivity index (χ0) is 29.1. The first-order valence-corrected chi connectivity index (χ1v) is 13.1. The van der Waals surface area contributed by atoms with E-state index in [0.717, 1.165) is 0 Å². The largest absolute Gasteiger partial charge is 0.478 e. The van der Waals surface area contributed by atoms with Gasteiger partial charge in [-0.3, -0.25) is 19.4 Å². The average Bonchev–Trinajstić information content (AvgIpc) is 3.06. The maximum atomic E-state index is 13.9. The van der Waals surface area contributed by atoms with Crippen LogP contribution in [0.2, 0.25) is 5.02 Å². The van der Waals surface area contributed by atoms with Gasteiger partial charge in [-0.05, 0) is 71.3 Å². The van der Waals surface area contributed by atoms with Crippen LogP contribution >= 0.6 is 11.6 Å². The normalized spacial score (nSPS) is 14.6. The van der Waals surface area contributed by atoms with E-state index in [0.29, 0.717) is 38.7 Å². The summed E-state index contributed by atoms with van der Waals surface area (Å²) in [7, 11) is 1.51. The minimum atomic E-state index is -1.14. The molecule has 0 saturated carbocycles. The van der Waals surface area contributed by atoms with E-state index in [2.05, 4.69) is 15.6 Å². The SMILES string of the molecule is CNC(=O)c1cccc(-c2cc(CN3C(=O)c4ccc(Cl)cc4NC(=O)[C@H]3Cc3ccccn3)ccc2C(=O)O)c1. The van der Waals surface area contributed by atoms with Crippen molar-refractivity contribution < 1.29 is 24.3 Å². The van der Waals surface area contributed by atoms with Gasteiger partial charge in [-0.25, -0.2) is 4.79 Å². The highest BCUT2D eigenvalue weighted by Crippen LogP contribution is 2.31. The summed E-state index contributed by atoms with van der Waals surface area (Å²) in [4.78, 5) is 57.6. The monoisotopic (exact) mass is 568 g/mol. The molecule has 1 aliphatic rings. The minimum absolute atomic E-state index is 0.00779. The Balaban J connectivity index is 1.58. The molecule has 0 bridgehead atoms. The number of carbonyl (C=O) groups is 4. The van der Waals surface area contributed by atoms with Crippen LogP contribution in [0.15, 0.2) is 85.1 Å². The zero-order valence-electron chi connectivity index (χ0n) is 21.9. The van der Waals surface area contributed by atoms with E-state index in [4.69, 9.17) is 11.6 Å². The molecule has 0 saturated heterocycles. The van der Waals surface area contributed by atoms with Crippen LogP contribution in [0.4, 0.5) is 5.69 Å². The number of benzene rings is 3. The Morgan fingerprint density at radius 2 is 1.83 bits per heavy atom. The van der Waals surface area contributed by atoms with Crippen LogP contribution in [0, 0.1) is 0 Å². The number of hydrogen-bond donors (Lipinski definition) is 3. The number of aromatic carboxylic acids is 1. The van der Waals surface area contributed by atoms with Crippen molar-refractivity contribution in [1.29, 1.82) is 0 Å². The molecule has 1 aromatic heterocycles. The summed E-state index contributed by atoms with van der Waals surface area (Å²) in [6.45, 7) is 0.00779. The second-order valence-electron chi connectivity index (χ2n) is 9.50. The predicted molar refractivity (Wildman–Crippen MR) is 154 cm³/mol. The van der Waals surface area contributed by atoms with Gasteiger partial charge in [0, 0.05) is 42.5 Å². The van der Waals surface area contributed by atoms with Crippen molar-refractivity contribution in [2.75, 3.05) is 12.4 Å². The summed E-state index contributed by atoms with van der Waals surface area (Å²) >= 11 is 6.15. The second-order valence-corrected chi connectivity index (χ2v) is 9.93. The third kappa shape index (κ3) is 5.80. The maximum absolute atomic E-state index is 13.9. The molecule has 0 fully saturated rings. The molecule has 1 aliphatic heterocycles.